The van der Waals surface area contributed by atoms with Crippen LogP contribution in [0.3, 0.4) is 0 Å². The summed E-state index contributed by atoms with van der Waals surface area (Å²) < 4.78 is 27.3. The van der Waals surface area contributed by atoms with Gasteiger partial charge in [0.25, 0.3) is 5.91 Å². The molecule has 0 N–H and O–H groups in total. The number of pyridine rings is 1. The van der Waals surface area contributed by atoms with Crippen molar-refractivity contribution in [1.82, 2.24) is 9.80 Å². The minimum atomic E-state index is -0.830. The molecule has 0 bridgehead atoms. The van der Waals surface area contributed by atoms with Crippen LogP contribution in [0, 0.1) is 22.3 Å². The van der Waals surface area contributed by atoms with E-state index in [1.54, 1.807) is 18.2 Å². The van der Waals surface area contributed by atoms with Gasteiger partial charge in [-0.15, -0.1) is 0 Å². The van der Waals surface area contributed by atoms with Crippen molar-refractivity contribution in [2.75, 3.05) is 26.2 Å². The SMILES string of the molecule is O=C(c1ccc[n+]([O-])c1)N1CC[C@]2(CCCN(Cc3ccc(F)c(F)c3)C2)C1. The summed E-state index contributed by atoms with van der Waals surface area (Å²) in [6.45, 7) is 3.64. The average Bonchev–Trinajstić information content (AvgIpc) is 3.07. The van der Waals surface area contributed by atoms with Crippen molar-refractivity contribution in [3.63, 3.8) is 0 Å². The van der Waals surface area contributed by atoms with Crippen LogP contribution in [0.4, 0.5) is 8.78 Å². The highest BCUT2D eigenvalue weighted by molar-refractivity contribution is 5.93. The molecule has 2 fully saturated rings. The quantitative estimate of drug-likeness (QED) is 0.601. The van der Waals surface area contributed by atoms with Gasteiger partial charge in [-0.3, -0.25) is 9.69 Å². The molecule has 5 nitrogen and oxygen atoms in total. The third-order valence-electron chi connectivity index (χ3n) is 5.88. The lowest BCUT2D eigenvalue weighted by Gasteiger charge is -2.40. The fraction of sp³-hybridized carbons (Fsp3) is 0.429. The normalized spacial score (nSPS) is 22.7. The van der Waals surface area contributed by atoms with Crippen LogP contribution in [0.5, 0.6) is 0 Å². The Morgan fingerprint density at radius 3 is 2.79 bits per heavy atom. The van der Waals surface area contributed by atoms with E-state index in [1.165, 1.54) is 24.5 Å². The van der Waals surface area contributed by atoms with Crippen LogP contribution in [-0.2, 0) is 6.54 Å². The van der Waals surface area contributed by atoms with Gasteiger partial charge in [-0.05, 0) is 49.6 Å². The number of carbonyl (C=O) groups is 1. The van der Waals surface area contributed by atoms with Crippen molar-refractivity contribution in [2.45, 2.75) is 25.8 Å². The predicted octanol–water partition coefficient (Wildman–Crippen LogP) is 2.73. The molecule has 0 saturated carbocycles. The molecule has 148 valence electrons. The summed E-state index contributed by atoms with van der Waals surface area (Å²) in [5.74, 6) is -1.76. The summed E-state index contributed by atoms with van der Waals surface area (Å²) in [7, 11) is 0. The van der Waals surface area contributed by atoms with E-state index < -0.39 is 11.6 Å². The zero-order valence-electron chi connectivity index (χ0n) is 15.6. The molecule has 7 heteroatoms. The number of rotatable bonds is 3. The number of carbonyl (C=O) groups excluding carboxylic acids is 1. The maximum atomic E-state index is 13.5. The molecule has 2 aliphatic heterocycles. The number of halogens is 2. The summed E-state index contributed by atoms with van der Waals surface area (Å²) in [6, 6.07) is 7.29. The number of hydrogen-bond acceptors (Lipinski definition) is 3. The van der Waals surface area contributed by atoms with Crippen molar-refractivity contribution in [1.29, 1.82) is 0 Å². The first-order chi connectivity index (χ1) is 13.4. The Hall–Kier alpha value is -2.54. The van der Waals surface area contributed by atoms with Crippen LogP contribution >= 0.6 is 0 Å². The van der Waals surface area contributed by atoms with E-state index in [1.807, 2.05) is 4.90 Å². The molecule has 0 unspecified atom stereocenters. The van der Waals surface area contributed by atoms with Crippen molar-refractivity contribution in [2.24, 2.45) is 5.41 Å². The van der Waals surface area contributed by atoms with E-state index in [-0.39, 0.29) is 11.3 Å². The molecular weight excluding hydrogens is 364 g/mol. The van der Waals surface area contributed by atoms with Gasteiger partial charge in [0.05, 0.1) is 0 Å². The lowest BCUT2D eigenvalue weighted by Crippen LogP contribution is -2.45. The highest BCUT2D eigenvalue weighted by Crippen LogP contribution is 2.39. The summed E-state index contributed by atoms with van der Waals surface area (Å²) in [5, 5.41) is 11.5. The minimum absolute atomic E-state index is 0.0225. The van der Waals surface area contributed by atoms with E-state index in [4.69, 9.17) is 0 Å². The third-order valence-corrected chi connectivity index (χ3v) is 5.88. The monoisotopic (exact) mass is 387 g/mol. The van der Waals surface area contributed by atoms with Gasteiger partial charge < -0.3 is 10.1 Å². The number of hydrogen-bond donors (Lipinski definition) is 0. The molecule has 3 heterocycles. The third kappa shape index (κ3) is 3.85. The van der Waals surface area contributed by atoms with E-state index in [0.29, 0.717) is 29.9 Å². The largest absolute Gasteiger partial charge is 0.619 e. The summed E-state index contributed by atoms with van der Waals surface area (Å²) in [6.07, 6.45) is 5.64. The van der Waals surface area contributed by atoms with Crippen LogP contribution in [0.25, 0.3) is 0 Å². The lowest BCUT2D eigenvalue weighted by molar-refractivity contribution is -0.605. The second kappa shape index (κ2) is 7.47. The molecule has 2 aromatic rings. The van der Waals surface area contributed by atoms with Crippen LogP contribution in [0.2, 0.25) is 0 Å². The molecule has 2 saturated heterocycles. The molecule has 1 amide bonds. The summed E-state index contributed by atoms with van der Waals surface area (Å²) in [4.78, 5) is 16.8. The van der Waals surface area contributed by atoms with E-state index in [2.05, 4.69) is 4.90 Å². The van der Waals surface area contributed by atoms with Crippen molar-refractivity contribution < 1.29 is 18.3 Å². The first-order valence-electron chi connectivity index (χ1n) is 9.59. The molecule has 1 aromatic carbocycles. The van der Waals surface area contributed by atoms with Gasteiger partial charge in [-0.2, -0.15) is 4.73 Å². The smallest absolute Gasteiger partial charge is 0.259 e. The van der Waals surface area contributed by atoms with Gasteiger partial charge in [-0.1, -0.05) is 6.07 Å². The molecule has 0 radical (unpaired) electrons. The van der Waals surface area contributed by atoms with Gasteiger partial charge in [-0.25, -0.2) is 8.78 Å². The summed E-state index contributed by atoms with van der Waals surface area (Å²) in [5.41, 5.74) is 1.18. The molecule has 4 rings (SSSR count). The number of benzene rings is 1. The Balaban J connectivity index is 1.42. The Morgan fingerprint density at radius 2 is 2.00 bits per heavy atom. The topological polar surface area (TPSA) is 50.5 Å². The van der Waals surface area contributed by atoms with Gasteiger partial charge in [0.1, 0.15) is 5.56 Å². The van der Waals surface area contributed by atoms with Crippen LogP contribution in [-0.4, -0.2) is 41.9 Å². The first kappa shape index (κ1) is 18.8. The highest BCUT2D eigenvalue weighted by Gasteiger charge is 2.43. The van der Waals surface area contributed by atoms with E-state index in [0.717, 1.165) is 37.9 Å². The zero-order valence-corrected chi connectivity index (χ0v) is 15.6. The van der Waals surface area contributed by atoms with Crippen molar-refractivity contribution >= 4 is 5.91 Å². The van der Waals surface area contributed by atoms with E-state index in [9.17, 15) is 18.8 Å². The molecule has 0 aliphatic carbocycles. The molecule has 1 spiro atoms. The number of aromatic nitrogens is 1. The van der Waals surface area contributed by atoms with Gasteiger partial charge in [0.2, 0.25) is 0 Å². The molecule has 1 atom stereocenters. The lowest BCUT2D eigenvalue weighted by atomic mass is 9.79. The molecular formula is C21H23F2N3O2. The molecule has 1 aromatic heterocycles. The Kier molecular flexibility index (Phi) is 5.02. The Labute approximate surface area is 162 Å². The number of amides is 1. The Morgan fingerprint density at radius 1 is 1.14 bits per heavy atom. The zero-order chi connectivity index (χ0) is 19.7. The van der Waals surface area contributed by atoms with Crippen LogP contribution in [0.15, 0.2) is 42.7 Å². The second-order valence-electron chi connectivity index (χ2n) is 7.99. The Bertz CT molecular complexity index is 892. The summed E-state index contributed by atoms with van der Waals surface area (Å²) >= 11 is 0. The predicted molar refractivity (Wildman–Crippen MR) is 99.2 cm³/mol. The van der Waals surface area contributed by atoms with Gasteiger partial charge >= 0.3 is 0 Å². The molecule has 28 heavy (non-hydrogen) atoms. The maximum Gasteiger partial charge on any atom is 0.259 e. The van der Waals surface area contributed by atoms with Crippen LogP contribution < -0.4 is 4.73 Å². The van der Waals surface area contributed by atoms with Crippen LogP contribution in [0.1, 0.15) is 35.2 Å². The fourth-order valence-corrected chi connectivity index (χ4v) is 4.55. The second-order valence-corrected chi connectivity index (χ2v) is 7.99. The number of likely N-dealkylation sites (tertiary alicyclic amines) is 2. The van der Waals surface area contributed by atoms with Gasteiger partial charge in [0.15, 0.2) is 24.0 Å². The standard InChI is InChI=1S/C21H23F2N3O2/c22-18-5-4-16(11-19(18)23)12-24-8-2-6-21(14-24)7-10-25(15-21)20(27)17-3-1-9-26(28)13-17/h1,3-5,9,11,13H,2,6-8,10,12,14-15H2/t21-/m0/s1. The fourth-order valence-electron chi connectivity index (χ4n) is 4.55. The average molecular weight is 387 g/mol. The maximum absolute atomic E-state index is 13.5. The minimum Gasteiger partial charge on any atom is -0.619 e. The molecule has 2 aliphatic rings. The van der Waals surface area contributed by atoms with Crippen molar-refractivity contribution in [3.8, 4) is 0 Å². The highest BCUT2D eigenvalue weighted by atomic mass is 19.2. The number of nitrogens with zero attached hydrogens (tertiary/aromatic N) is 3. The first-order valence-corrected chi connectivity index (χ1v) is 9.59. The van der Waals surface area contributed by atoms with Gasteiger partial charge in [0, 0.05) is 37.7 Å². The van der Waals surface area contributed by atoms with E-state index >= 15 is 0 Å². The number of piperidine rings is 1. The van der Waals surface area contributed by atoms with Crippen molar-refractivity contribution in [3.05, 3.63) is 70.7 Å².